The summed E-state index contributed by atoms with van der Waals surface area (Å²) < 4.78 is 0.970. The van der Waals surface area contributed by atoms with Crippen LogP contribution in [0.25, 0.3) is 0 Å². The molecule has 0 radical (unpaired) electrons. The fraction of sp³-hybridized carbons (Fsp3) is 0.600. The number of hydrogen-bond donors (Lipinski definition) is 1. The van der Waals surface area contributed by atoms with Gasteiger partial charge >= 0.3 is 0 Å². The third kappa shape index (κ3) is 3.33. The Balaban J connectivity index is 1.53. The summed E-state index contributed by atoms with van der Waals surface area (Å²) in [5.74, 6) is 0. The Bertz CT molecular complexity index is 452. The summed E-state index contributed by atoms with van der Waals surface area (Å²) in [4.78, 5) is 2.66. The number of rotatable bonds is 3. The molecule has 1 aromatic rings. The van der Waals surface area contributed by atoms with E-state index in [9.17, 15) is 0 Å². The highest BCUT2D eigenvalue weighted by molar-refractivity contribution is 9.10. The van der Waals surface area contributed by atoms with Crippen molar-refractivity contribution in [2.75, 3.05) is 13.1 Å². The normalized spacial score (nSPS) is 27.5. The van der Waals surface area contributed by atoms with Crippen LogP contribution in [0.2, 0.25) is 5.02 Å². The summed E-state index contributed by atoms with van der Waals surface area (Å²) in [6.07, 6.45) is 5.37. The van der Waals surface area contributed by atoms with Gasteiger partial charge in [0.25, 0.3) is 0 Å². The van der Waals surface area contributed by atoms with Crippen LogP contribution >= 0.6 is 27.5 Å². The van der Waals surface area contributed by atoms with Crippen molar-refractivity contribution >= 4 is 27.5 Å². The van der Waals surface area contributed by atoms with Crippen molar-refractivity contribution in [3.05, 3.63) is 33.3 Å². The van der Waals surface area contributed by atoms with Gasteiger partial charge in [-0.2, -0.15) is 0 Å². The number of hydrogen-bond acceptors (Lipinski definition) is 2. The molecule has 104 valence electrons. The van der Waals surface area contributed by atoms with Crippen molar-refractivity contribution in [3.8, 4) is 0 Å². The van der Waals surface area contributed by atoms with Gasteiger partial charge in [0, 0.05) is 23.1 Å². The van der Waals surface area contributed by atoms with E-state index in [-0.39, 0.29) is 0 Å². The fourth-order valence-corrected chi connectivity index (χ4v) is 3.77. The van der Waals surface area contributed by atoms with Gasteiger partial charge in [0.15, 0.2) is 0 Å². The molecule has 1 N–H and O–H groups in total. The van der Waals surface area contributed by atoms with Crippen LogP contribution in [-0.4, -0.2) is 30.1 Å². The van der Waals surface area contributed by atoms with E-state index < -0.39 is 0 Å². The second kappa shape index (κ2) is 6.13. The van der Waals surface area contributed by atoms with E-state index in [4.69, 9.17) is 11.6 Å². The maximum Gasteiger partial charge on any atom is 0.0551 e. The molecule has 4 heteroatoms. The molecule has 0 aromatic heterocycles. The van der Waals surface area contributed by atoms with Gasteiger partial charge in [-0.05, 0) is 72.4 Å². The molecule has 2 fully saturated rings. The summed E-state index contributed by atoms with van der Waals surface area (Å²) in [6, 6.07) is 7.71. The van der Waals surface area contributed by atoms with Gasteiger partial charge in [0.2, 0.25) is 0 Å². The summed E-state index contributed by atoms with van der Waals surface area (Å²) in [5.41, 5.74) is 1.27. The quantitative estimate of drug-likeness (QED) is 0.897. The van der Waals surface area contributed by atoms with E-state index in [1.165, 1.54) is 44.3 Å². The molecule has 0 spiro atoms. The molecule has 2 unspecified atom stereocenters. The van der Waals surface area contributed by atoms with Gasteiger partial charge < -0.3 is 10.2 Å². The minimum absolute atomic E-state index is 0.668. The summed E-state index contributed by atoms with van der Waals surface area (Å²) in [6.45, 7) is 3.51. The van der Waals surface area contributed by atoms with E-state index in [0.29, 0.717) is 6.04 Å². The van der Waals surface area contributed by atoms with Crippen molar-refractivity contribution in [3.63, 3.8) is 0 Å². The molecule has 2 aliphatic heterocycles. The minimum atomic E-state index is 0.668. The molecule has 19 heavy (non-hydrogen) atoms. The molecular weight excluding hydrogens is 324 g/mol. The molecule has 1 aromatic carbocycles. The number of halogens is 2. The van der Waals surface area contributed by atoms with Crippen molar-refractivity contribution in [1.29, 1.82) is 0 Å². The highest BCUT2D eigenvalue weighted by atomic mass is 79.9. The molecule has 2 nitrogen and oxygen atoms in total. The summed E-state index contributed by atoms with van der Waals surface area (Å²) in [7, 11) is 0. The lowest BCUT2D eigenvalue weighted by Crippen LogP contribution is -2.45. The smallest absolute Gasteiger partial charge is 0.0551 e. The fourth-order valence-electron chi connectivity index (χ4n) is 3.32. The summed E-state index contributed by atoms with van der Waals surface area (Å²) in [5, 5.41) is 4.49. The highest BCUT2D eigenvalue weighted by Gasteiger charge is 2.31. The molecule has 2 saturated heterocycles. The van der Waals surface area contributed by atoms with Gasteiger partial charge in [-0.15, -0.1) is 0 Å². The van der Waals surface area contributed by atoms with Crippen LogP contribution in [0.4, 0.5) is 0 Å². The Morgan fingerprint density at radius 2 is 2.21 bits per heavy atom. The lowest BCUT2D eigenvalue weighted by molar-refractivity contribution is 0.166. The van der Waals surface area contributed by atoms with Gasteiger partial charge in [-0.3, -0.25) is 0 Å². The predicted molar refractivity (Wildman–Crippen MR) is 83.6 cm³/mol. The Morgan fingerprint density at radius 1 is 1.32 bits per heavy atom. The number of benzene rings is 1. The first kappa shape index (κ1) is 13.9. The molecule has 3 rings (SSSR count). The van der Waals surface area contributed by atoms with E-state index >= 15 is 0 Å². The lowest BCUT2D eigenvalue weighted by Gasteiger charge is -2.35. The topological polar surface area (TPSA) is 15.3 Å². The molecule has 0 bridgehead atoms. The zero-order valence-electron chi connectivity index (χ0n) is 11.0. The maximum absolute atomic E-state index is 6.13. The van der Waals surface area contributed by atoms with E-state index in [0.717, 1.165) is 22.1 Å². The molecule has 0 amide bonds. The monoisotopic (exact) mass is 342 g/mol. The number of fused-ring (bicyclic) bond motifs is 1. The van der Waals surface area contributed by atoms with Crippen LogP contribution in [0.3, 0.4) is 0 Å². The molecular formula is C15H20BrClN2. The zero-order chi connectivity index (χ0) is 13.2. The average Bonchev–Trinajstić information content (AvgIpc) is 2.87. The Kier molecular flexibility index (Phi) is 4.47. The van der Waals surface area contributed by atoms with Crippen LogP contribution in [0.1, 0.15) is 31.2 Å². The van der Waals surface area contributed by atoms with Crippen molar-refractivity contribution in [1.82, 2.24) is 10.2 Å². The molecule has 0 saturated carbocycles. The van der Waals surface area contributed by atoms with Crippen molar-refractivity contribution in [2.45, 2.75) is 44.3 Å². The summed E-state index contributed by atoms with van der Waals surface area (Å²) >= 11 is 9.56. The van der Waals surface area contributed by atoms with Crippen LogP contribution in [0, 0.1) is 0 Å². The van der Waals surface area contributed by atoms with Crippen LogP contribution in [-0.2, 0) is 6.54 Å². The Morgan fingerprint density at radius 3 is 3.05 bits per heavy atom. The van der Waals surface area contributed by atoms with Crippen LogP contribution in [0.5, 0.6) is 0 Å². The standard InChI is InChI=1S/C15H20BrClN2/c16-14-4-3-11(8-15(14)17)10-18-12-5-7-19-6-1-2-13(19)9-12/h3-4,8,12-13,18H,1-2,5-7,9-10H2. The third-order valence-electron chi connectivity index (χ3n) is 4.40. The highest BCUT2D eigenvalue weighted by Crippen LogP contribution is 2.27. The lowest BCUT2D eigenvalue weighted by atomic mass is 9.97. The molecule has 2 heterocycles. The van der Waals surface area contributed by atoms with Crippen LogP contribution < -0.4 is 5.32 Å². The van der Waals surface area contributed by atoms with E-state index in [1.807, 2.05) is 12.1 Å². The first-order valence-corrected chi connectivity index (χ1v) is 8.31. The molecule has 2 atom stereocenters. The van der Waals surface area contributed by atoms with Gasteiger partial charge in [0.1, 0.15) is 0 Å². The average molecular weight is 344 g/mol. The molecule has 2 aliphatic rings. The predicted octanol–water partition coefficient (Wildman–Crippen LogP) is 3.82. The van der Waals surface area contributed by atoms with Crippen molar-refractivity contribution < 1.29 is 0 Å². The SMILES string of the molecule is Clc1cc(CNC2CCN3CCCC3C2)ccc1Br. The third-order valence-corrected chi connectivity index (χ3v) is 5.63. The first-order valence-electron chi connectivity index (χ1n) is 7.14. The van der Waals surface area contributed by atoms with Gasteiger partial charge in [-0.25, -0.2) is 0 Å². The largest absolute Gasteiger partial charge is 0.310 e. The van der Waals surface area contributed by atoms with E-state index in [1.54, 1.807) is 0 Å². The van der Waals surface area contributed by atoms with Gasteiger partial charge in [-0.1, -0.05) is 17.7 Å². The number of nitrogens with zero attached hydrogens (tertiary/aromatic N) is 1. The molecule has 0 aliphatic carbocycles. The number of nitrogens with one attached hydrogen (secondary N) is 1. The Hall–Kier alpha value is -0.0900. The van der Waals surface area contributed by atoms with Crippen molar-refractivity contribution in [2.24, 2.45) is 0 Å². The first-order chi connectivity index (χ1) is 9.22. The van der Waals surface area contributed by atoms with Crippen LogP contribution in [0.15, 0.2) is 22.7 Å². The second-order valence-corrected chi connectivity index (χ2v) is 6.94. The Labute approximate surface area is 128 Å². The second-order valence-electron chi connectivity index (χ2n) is 5.68. The van der Waals surface area contributed by atoms with Gasteiger partial charge in [0.05, 0.1) is 5.02 Å². The zero-order valence-corrected chi connectivity index (χ0v) is 13.4. The number of piperidine rings is 1. The van der Waals surface area contributed by atoms with E-state index in [2.05, 4.69) is 32.2 Å². The maximum atomic E-state index is 6.13. The minimum Gasteiger partial charge on any atom is -0.310 e.